The lowest BCUT2D eigenvalue weighted by Crippen LogP contribution is -2.40. The lowest BCUT2D eigenvalue weighted by atomic mass is 10.0. The third kappa shape index (κ3) is 4.92. The number of nitrogens with zero attached hydrogens (tertiary/aromatic N) is 2. The zero-order valence-electron chi connectivity index (χ0n) is 17.6. The van der Waals surface area contributed by atoms with Crippen LogP contribution < -0.4 is 4.90 Å². The third-order valence-electron chi connectivity index (χ3n) is 5.69. The van der Waals surface area contributed by atoms with Crippen LogP contribution in [-0.2, 0) is 11.3 Å². The van der Waals surface area contributed by atoms with Crippen molar-refractivity contribution >= 4 is 34.6 Å². The maximum atomic E-state index is 11.5. The predicted molar refractivity (Wildman–Crippen MR) is 125 cm³/mol. The number of ether oxygens (including phenoxy) is 1. The molecule has 0 aliphatic carbocycles. The Morgan fingerprint density at radius 2 is 2.03 bits per heavy atom. The van der Waals surface area contributed by atoms with Gasteiger partial charge < -0.3 is 14.7 Å². The molecule has 0 spiro atoms. The number of piperidine rings is 1. The van der Waals surface area contributed by atoms with E-state index in [2.05, 4.69) is 4.90 Å². The molecule has 3 aromatic rings. The normalized spacial score (nSPS) is 16.5. The number of carboxylic acid groups (broad SMARTS) is 1. The molecule has 1 saturated heterocycles. The highest BCUT2D eigenvalue weighted by Gasteiger charge is 2.24. The summed E-state index contributed by atoms with van der Waals surface area (Å²) in [6.45, 7) is 6.09. The van der Waals surface area contributed by atoms with Crippen LogP contribution in [0.5, 0.6) is 0 Å². The topological polar surface area (TPSA) is 62.7 Å². The standard InChI is InChI=1S/C24H25ClN2O3S/c1-15-20(24(28)29)6-3-7-21(15)27-12-4-5-19(13-27)30-14-22-16(2)26-23(31-22)17-8-10-18(25)11-9-17/h3,6-11,19H,4-5,12-14H2,1-2H3,(H,28,29). The van der Waals surface area contributed by atoms with E-state index in [4.69, 9.17) is 21.3 Å². The van der Waals surface area contributed by atoms with E-state index in [0.29, 0.717) is 17.2 Å². The van der Waals surface area contributed by atoms with Gasteiger partial charge in [-0.3, -0.25) is 0 Å². The number of hydrogen-bond acceptors (Lipinski definition) is 5. The van der Waals surface area contributed by atoms with E-state index in [9.17, 15) is 9.90 Å². The minimum Gasteiger partial charge on any atom is -0.478 e. The summed E-state index contributed by atoms with van der Waals surface area (Å²) in [5.74, 6) is -0.888. The van der Waals surface area contributed by atoms with E-state index in [-0.39, 0.29) is 6.10 Å². The van der Waals surface area contributed by atoms with Crippen LogP contribution in [0.4, 0.5) is 5.69 Å². The van der Waals surface area contributed by atoms with Crippen molar-refractivity contribution in [2.75, 3.05) is 18.0 Å². The van der Waals surface area contributed by atoms with E-state index in [1.807, 2.05) is 50.2 Å². The molecular formula is C24H25ClN2O3S. The number of rotatable bonds is 6. The monoisotopic (exact) mass is 456 g/mol. The molecule has 2 aromatic carbocycles. The number of aryl methyl sites for hydroxylation is 1. The minimum atomic E-state index is -0.888. The van der Waals surface area contributed by atoms with Crippen molar-refractivity contribution in [1.82, 2.24) is 4.98 Å². The Bertz CT molecular complexity index is 1080. The van der Waals surface area contributed by atoms with Crippen molar-refractivity contribution in [2.24, 2.45) is 0 Å². The van der Waals surface area contributed by atoms with Crippen molar-refractivity contribution in [3.8, 4) is 10.6 Å². The van der Waals surface area contributed by atoms with Crippen LogP contribution >= 0.6 is 22.9 Å². The fourth-order valence-corrected chi connectivity index (χ4v) is 5.08. The Balaban J connectivity index is 1.42. The zero-order valence-corrected chi connectivity index (χ0v) is 19.2. The second-order valence-corrected chi connectivity index (χ2v) is 9.33. The average molecular weight is 457 g/mol. The smallest absolute Gasteiger partial charge is 0.336 e. The fraction of sp³-hybridized carbons (Fsp3) is 0.333. The molecule has 0 saturated carbocycles. The lowest BCUT2D eigenvalue weighted by Gasteiger charge is -2.35. The summed E-state index contributed by atoms with van der Waals surface area (Å²) in [7, 11) is 0. The predicted octanol–water partition coefficient (Wildman–Crippen LogP) is 5.96. The first-order valence-corrected chi connectivity index (χ1v) is 11.5. The van der Waals surface area contributed by atoms with E-state index in [0.717, 1.165) is 58.3 Å². The first kappa shape index (κ1) is 21.8. The molecule has 31 heavy (non-hydrogen) atoms. The van der Waals surface area contributed by atoms with E-state index < -0.39 is 5.97 Å². The highest BCUT2D eigenvalue weighted by atomic mass is 35.5. The number of carbonyl (C=O) groups is 1. The number of thiazole rings is 1. The summed E-state index contributed by atoms with van der Waals surface area (Å²) in [4.78, 5) is 19.6. The number of aromatic nitrogens is 1. The quantitative estimate of drug-likeness (QED) is 0.495. The molecular weight excluding hydrogens is 432 g/mol. The van der Waals surface area contributed by atoms with Crippen molar-refractivity contribution < 1.29 is 14.6 Å². The van der Waals surface area contributed by atoms with Gasteiger partial charge in [-0.05, 0) is 56.5 Å². The van der Waals surface area contributed by atoms with Crippen LogP contribution in [0.15, 0.2) is 42.5 Å². The van der Waals surface area contributed by atoms with Crippen LogP contribution in [0.1, 0.15) is 39.3 Å². The van der Waals surface area contributed by atoms with Gasteiger partial charge in [0, 0.05) is 29.4 Å². The Hall–Kier alpha value is -2.41. The number of aromatic carboxylic acids is 1. The molecule has 1 aliphatic heterocycles. The van der Waals surface area contributed by atoms with Gasteiger partial charge in [-0.2, -0.15) is 0 Å². The van der Waals surface area contributed by atoms with Gasteiger partial charge in [0.05, 0.1) is 28.8 Å². The zero-order chi connectivity index (χ0) is 22.0. The first-order chi connectivity index (χ1) is 14.9. The first-order valence-electron chi connectivity index (χ1n) is 10.3. The summed E-state index contributed by atoms with van der Waals surface area (Å²) >= 11 is 7.64. The summed E-state index contributed by atoms with van der Waals surface area (Å²) in [5, 5.41) is 11.1. The second-order valence-electron chi connectivity index (χ2n) is 7.81. The Kier molecular flexibility index (Phi) is 6.60. The maximum absolute atomic E-state index is 11.5. The summed E-state index contributed by atoms with van der Waals surface area (Å²) < 4.78 is 6.28. The highest BCUT2D eigenvalue weighted by Crippen LogP contribution is 2.31. The third-order valence-corrected chi connectivity index (χ3v) is 7.12. The Morgan fingerprint density at radius 3 is 2.77 bits per heavy atom. The Morgan fingerprint density at radius 1 is 1.26 bits per heavy atom. The number of halogens is 1. The van der Waals surface area contributed by atoms with Crippen molar-refractivity contribution in [1.29, 1.82) is 0 Å². The minimum absolute atomic E-state index is 0.0992. The van der Waals surface area contributed by atoms with Crippen LogP contribution in [0, 0.1) is 13.8 Å². The second kappa shape index (κ2) is 9.39. The van der Waals surface area contributed by atoms with Crippen LogP contribution in [-0.4, -0.2) is 35.3 Å². The molecule has 5 nitrogen and oxygen atoms in total. The summed E-state index contributed by atoms with van der Waals surface area (Å²) in [6.07, 6.45) is 2.11. The summed E-state index contributed by atoms with van der Waals surface area (Å²) in [5.41, 5.74) is 4.19. The molecule has 2 heterocycles. The molecule has 4 rings (SSSR count). The van der Waals surface area contributed by atoms with Crippen molar-refractivity contribution in [3.05, 3.63) is 69.2 Å². The van der Waals surface area contributed by atoms with Crippen LogP contribution in [0.2, 0.25) is 5.02 Å². The molecule has 162 valence electrons. The number of anilines is 1. The molecule has 1 atom stereocenters. The summed E-state index contributed by atoms with van der Waals surface area (Å²) in [6, 6.07) is 13.2. The molecule has 1 fully saturated rings. The molecule has 7 heteroatoms. The molecule has 0 amide bonds. The van der Waals surface area contributed by atoms with Gasteiger partial charge in [-0.25, -0.2) is 9.78 Å². The van der Waals surface area contributed by atoms with E-state index in [1.165, 1.54) is 0 Å². The molecule has 0 bridgehead atoms. The van der Waals surface area contributed by atoms with Gasteiger partial charge in [0.25, 0.3) is 0 Å². The van der Waals surface area contributed by atoms with Gasteiger partial charge in [0.15, 0.2) is 0 Å². The molecule has 1 aromatic heterocycles. The fourth-order valence-electron chi connectivity index (χ4n) is 3.96. The number of benzene rings is 2. The van der Waals surface area contributed by atoms with Gasteiger partial charge >= 0.3 is 5.97 Å². The average Bonchev–Trinajstić information content (AvgIpc) is 3.13. The van der Waals surface area contributed by atoms with Crippen molar-refractivity contribution in [2.45, 2.75) is 39.4 Å². The molecule has 1 N–H and O–H groups in total. The van der Waals surface area contributed by atoms with E-state index in [1.54, 1.807) is 17.4 Å². The van der Waals surface area contributed by atoms with Gasteiger partial charge in [-0.15, -0.1) is 11.3 Å². The molecule has 0 radical (unpaired) electrons. The lowest BCUT2D eigenvalue weighted by molar-refractivity contribution is 0.0327. The van der Waals surface area contributed by atoms with Crippen LogP contribution in [0.3, 0.4) is 0 Å². The van der Waals surface area contributed by atoms with E-state index >= 15 is 0 Å². The Labute approximate surface area is 191 Å². The van der Waals surface area contributed by atoms with Gasteiger partial charge in [0.1, 0.15) is 5.01 Å². The molecule has 1 aliphatic rings. The van der Waals surface area contributed by atoms with Gasteiger partial charge in [0.2, 0.25) is 0 Å². The van der Waals surface area contributed by atoms with Crippen molar-refractivity contribution in [3.63, 3.8) is 0 Å². The SMILES string of the molecule is Cc1nc(-c2ccc(Cl)cc2)sc1COC1CCCN(c2cccc(C(=O)O)c2C)C1. The number of carboxylic acids is 1. The van der Waals surface area contributed by atoms with Crippen LogP contribution in [0.25, 0.3) is 10.6 Å². The van der Waals surface area contributed by atoms with Gasteiger partial charge in [-0.1, -0.05) is 29.8 Å². The highest BCUT2D eigenvalue weighted by molar-refractivity contribution is 7.15. The molecule has 1 unspecified atom stereocenters. The largest absolute Gasteiger partial charge is 0.478 e. The number of hydrogen-bond donors (Lipinski definition) is 1. The maximum Gasteiger partial charge on any atom is 0.336 e.